The number of carbonyl (C=O) groups is 1. The van der Waals surface area contributed by atoms with Crippen LogP contribution in [0.4, 0.5) is 22.4 Å². The zero-order valence-corrected chi connectivity index (χ0v) is 15.3. The summed E-state index contributed by atoms with van der Waals surface area (Å²) in [5.41, 5.74) is 0.299. The topological polar surface area (TPSA) is 56.1 Å². The molecule has 0 spiro atoms. The van der Waals surface area contributed by atoms with E-state index < -0.39 is 29.7 Å². The van der Waals surface area contributed by atoms with Crippen LogP contribution in [-0.4, -0.2) is 41.3 Å². The predicted molar refractivity (Wildman–Crippen MR) is 88.8 cm³/mol. The van der Waals surface area contributed by atoms with Crippen molar-refractivity contribution in [2.45, 2.75) is 26.1 Å². The lowest BCUT2D eigenvalue weighted by Crippen LogP contribution is -2.52. The number of carbonyl (C=O) groups excluding carboxylic acids is 1. The Morgan fingerprint density at radius 2 is 1.85 bits per heavy atom. The van der Waals surface area contributed by atoms with Gasteiger partial charge in [0.15, 0.2) is 16.3 Å². The summed E-state index contributed by atoms with van der Waals surface area (Å²) in [7, 11) is 1.59. The maximum atomic E-state index is 13.4. The normalized spacial score (nSPS) is 17.7. The van der Waals surface area contributed by atoms with Gasteiger partial charge in [-0.1, -0.05) is 0 Å². The average Bonchev–Trinajstić information content (AvgIpc) is 2.94. The van der Waals surface area contributed by atoms with Gasteiger partial charge in [0.2, 0.25) is 0 Å². The van der Waals surface area contributed by atoms with E-state index in [9.17, 15) is 22.4 Å². The third-order valence-electron chi connectivity index (χ3n) is 3.78. The van der Waals surface area contributed by atoms with Gasteiger partial charge in [-0.2, -0.15) is 22.6 Å². The number of rotatable bonds is 2. The molecule has 146 valence electrons. The van der Waals surface area contributed by atoms with Crippen molar-refractivity contribution in [3.8, 4) is 17.2 Å². The molecule has 1 aliphatic heterocycles. The first-order chi connectivity index (χ1) is 12.5. The largest absolute Gasteiger partial charge is 0.507 e. The number of nitrogens with zero attached hydrogens (tertiary/aromatic N) is 3. The van der Waals surface area contributed by atoms with Crippen LogP contribution in [0.1, 0.15) is 11.8 Å². The van der Waals surface area contributed by atoms with Crippen molar-refractivity contribution in [1.82, 2.24) is 9.47 Å². The highest BCUT2D eigenvalue weighted by molar-refractivity contribution is 7.09. The summed E-state index contributed by atoms with van der Waals surface area (Å²) < 4.78 is 63.0. The van der Waals surface area contributed by atoms with E-state index in [-0.39, 0.29) is 0 Å². The molecule has 0 saturated carbocycles. The van der Waals surface area contributed by atoms with Crippen molar-refractivity contribution in [1.29, 1.82) is 0 Å². The first-order valence-electron chi connectivity index (χ1n) is 7.81. The van der Waals surface area contributed by atoms with Gasteiger partial charge in [0, 0.05) is 30.7 Å². The maximum Gasteiger partial charge on any atom is 0.507 e. The number of urea groups is 1. The van der Waals surface area contributed by atoms with E-state index in [1.165, 1.54) is 26.9 Å². The summed E-state index contributed by atoms with van der Waals surface area (Å²) in [5, 5.41) is 0. The second-order valence-electron chi connectivity index (χ2n) is 5.77. The third kappa shape index (κ3) is 3.51. The van der Waals surface area contributed by atoms with Crippen LogP contribution in [-0.2, 0) is 0 Å². The highest BCUT2D eigenvalue weighted by Crippen LogP contribution is 2.47. The molecule has 0 aliphatic carbocycles. The van der Waals surface area contributed by atoms with E-state index in [0.717, 1.165) is 17.0 Å². The van der Waals surface area contributed by atoms with Crippen LogP contribution in [0.3, 0.4) is 0 Å². The molecule has 0 N–H and O–H groups in total. The number of hydrogen-bond donors (Lipinski definition) is 0. The molecule has 1 aliphatic rings. The molecule has 0 bridgehead atoms. The van der Waals surface area contributed by atoms with Crippen LogP contribution in [0.15, 0.2) is 29.4 Å². The summed E-state index contributed by atoms with van der Waals surface area (Å²) in [4.78, 5) is 18.6. The number of halogens is 4. The summed E-state index contributed by atoms with van der Waals surface area (Å²) in [5.74, 6) is -1.05. The highest BCUT2D eigenvalue weighted by Gasteiger charge is 2.65. The smallest absolute Gasteiger partial charge is 0.421 e. The van der Waals surface area contributed by atoms with Gasteiger partial charge in [0.05, 0.1) is 5.69 Å². The molecule has 2 aromatic rings. The van der Waals surface area contributed by atoms with Gasteiger partial charge >= 0.3 is 18.2 Å². The van der Waals surface area contributed by atoms with E-state index in [4.69, 9.17) is 0 Å². The van der Waals surface area contributed by atoms with Gasteiger partial charge in [-0.05, 0) is 26.0 Å². The minimum absolute atomic E-state index is 0.298. The SMILES string of the molecule is CCN(C)C(=O)N=c1sc(C)cn1-c1ccc2c(c1)OC(F)(F)C(F)(F)O2. The minimum Gasteiger partial charge on any atom is -0.421 e. The summed E-state index contributed by atoms with van der Waals surface area (Å²) >= 11 is 1.21. The number of aromatic nitrogens is 1. The summed E-state index contributed by atoms with van der Waals surface area (Å²) in [6, 6.07) is 3.12. The Morgan fingerprint density at radius 3 is 2.48 bits per heavy atom. The van der Waals surface area contributed by atoms with Gasteiger partial charge in [-0.3, -0.25) is 4.57 Å². The van der Waals surface area contributed by atoms with E-state index >= 15 is 0 Å². The third-order valence-corrected chi connectivity index (χ3v) is 4.68. The molecular weight excluding hydrogens is 390 g/mol. The average molecular weight is 405 g/mol. The molecule has 27 heavy (non-hydrogen) atoms. The Balaban J connectivity index is 2.05. The number of benzene rings is 1. The van der Waals surface area contributed by atoms with Crippen LogP contribution in [0.25, 0.3) is 5.69 Å². The Hall–Kier alpha value is -2.56. The fraction of sp³-hybridized carbons (Fsp3) is 0.375. The lowest BCUT2D eigenvalue weighted by atomic mass is 10.2. The number of thiazole rings is 1. The van der Waals surface area contributed by atoms with Crippen LogP contribution < -0.4 is 14.3 Å². The molecule has 0 saturated heterocycles. The van der Waals surface area contributed by atoms with E-state index in [1.807, 2.05) is 0 Å². The number of fused-ring (bicyclic) bond motifs is 1. The van der Waals surface area contributed by atoms with Crippen LogP contribution in [0.5, 0.6) is 11.5 Å². The lowest BCUT2D eigenvalue weighted by Gasteiger charge is -2.31. The number of ether oxygens (including phenoxy) is 2. The van der Waals surface area contributed by atoms with Crippen LogP contribution in [0, 0.1) is 6.92 Å². The fourth-order valence-corrected chi connectivity index (χ4v) is 3.05. The van der Waals surface area contributed by atoms with Crippen molar-refractivity contribution < 1.29 is 31.8 Å². The Labute approximate surface area is 155 Å². The van der Waals surface area contributed by atoms with Gasteiger partial charge < -0.3 is 14.4 Å². The van der Waals surface area contributed by atoms with Crippen molar-refractivity contribution in [3.63, 3.8) is 0 Å². The molecule has 11 heteroatoms. The minimum atomic E-state index is -4.80. The van der Waals surface area contributed by atoms with E-state index in [1.54, 1.807) is 27.1 Å². The molecule has 2 amide bonds. The van der Waals surface area contributed by atoms with Crippen LogP contribution in [0.2, 0.25) is 0 Å². The second kappa shape index (κ2) is 6.55. The Kier molecular flexibility index (Phi) is 4.66. The van der Waals surface area contributed by atoms with Crippen LogP contribution >= 0.6 is 11.3 Å². The van der Waals surface area contributed by atoms with Crippen molar-refractivity contribution in [3.05, 3.63) is 34.1 Å². The lowest BCUT2D eigenvalue weighted by molar-refractivity contribution is -0.391. The van der Waals surface area contributed by atoms with Crippen molar-refractivity contribution in [2.24, 2.45) is 4.99 Å². The summed E-state index contributed by atoms with van der Waals surface area (Å²) in [6.07, 6.45) is -7.94. The quantitative estimate of drug-likeness (QED) is 0.715. The van der Waals surface area contributed by atoms with Crippen molar-refractivity contribution in [2.75, 3.05) is 13.6 Å². The van der Waals surface area contributed by atoms with Gasteiger partial charge in [0.25, 0.3) is 0 Å². The number of amides is 2. The van der Waals surface area contributed by atoms with Crippen molar-refractivity contribution >= 4 is 17.4 Å². The number of aryl methyl sites for hydroxylation is 1. The Bertz CT molecular complexity index is 955. The van der Waals surface area contributed by atoms with Gasteiger partial charge in [-0.15, -0.1) is 11.3 Å². The molecule has 1 aromatic carbocycles. The molecule has 0 unspecified atom stereocenters. The van der Waals surface area contributed by atoms with E-state index in [2.05, 4.69) is 14.5 Å². The molecule has 1 aromatic heterocycles. The molecule has 0 atom stereocenters. The number of hydrogen-bond acceptors (Lipinski definition) is 4. The molecular formula is C16H15F4N3O3S. The standard InChI is InChI=1S/C16H15F4N3O3S/c1-4-22(3)13(24)21-14-23(8-9(2)27-14)10-5-6-11-12(7-10)26-16(19,20)15(17,18)25-11/h5-8H,4H2,1-3H3. The Morgan fingerprint density at radius 1 is 1.22 bits per heavy atom. The molecule has 2 heterocycles. The first kappa shape index (κ1) is 19.2. The van der Waals surface area contributed by atoms with Gasteiger partial charge in [0.1, 0.15) is 0 Å². The number of alkyl halides is 4. The summed E-state index contributed by atoms with van der Waals surface area (Å²) in [6.45, 7) is 4.03. The monoisotopic (exact) mass is 405 g/mol. The predicted octanol–water partition coefficient (Wildman–Crippen LogP) is 3.78. The second-order valence-corrected chi connectivity index (χ2v) is 6.98. The molecule has 0 radical (unpaired) electrons. The molecule has 0 fully saturated rings. The molecule has 3 rings (SSSR count). The highest BCUT2D eigenvalue weighted by atomic mass is 32.1. The van der Waals surface area contributed by atoms with Gasteiger partial charge in [-0.25, -0.2) is 4.79 Å². The zero-order valence-electron chi connectivity index (χ0n) is 14.5. The zero-order chi connectivity index (χ0) is 20.0. The first-order valence-corrected chi connectivity index (χ1v) is 8.62. The molecule has 6 nitrogen and oxygen atoms in total. The fourth-order valence-electron chi connectivity index (χ4n) is 2.23. The van der Waals surface area contributed by atoms with E-state index in [0.29, 0.717) is 17.0 Å². The maximum absolute atomic E-state index is 13.4.